The van der Waals surface area contributed by atoms with Crippen molar-refractivity contribution in [2.24, 2.45) is 0 Å². The van der Waals surface area contributed by atoms with E-state index in [0.717, 1.165) is 0 Å². The smallest absolute Gasteiger partial charge is 0.281 e. The van der Waals surface area contributed by atoms with Gasteiger partial charge in [0.05, 0.1) is 0 Å². The highest BCUT2D eigenvalue weighted by molar-refractivity contribution is 7.87. The van der Waals surface area contributed by atoms with Crippen LogP contribution in [-0.2, 0) is 10.1 Å². The van der Waals surface area contributed by atoms with Gasteiger partial charge in [0, 0.05) is 6.92 Å². The summed E-state index contributed by atoms with van der Waals surface area (Å²) < 4.78 is 152. The molecule has 14 heteroatoms. The van der Waals surface area contributed by atoms with Crippen molar-refractivity contribution in [3.8, 4) is 0 Å². The Morgan fingerprint density at radius 1 is 0.700 bits per heavy atom. The van der Waals surface area contributed by atoms with Crippen molar-refractivity contribution < 1.29 is 56.9 Å². The average molecular weight is 346 g/mol. The molecule has 0 heterocycles. The molecule has 0 aliphatic rings. The molecule has 0 fully saturated rings. The third kappa shape index (κ3) is 2.31. The Kier molecular flexibility index (Phi) is 4.18. The maximum atomic E-state index is 12.7. The van der Waals surface area contributed by atoms with Crippen molar-refractivity contribution in [2.75, 3.05) is 0 Å². The zero-order chi connectivity index (χ0) is 17.0. The third-order valence-corrected chi connectivity index (χ3v) is 2.93. The van der Waals surface area contributed by atoms with Crippen molar-refractivity contribution in [1.29, 1.82) is 0 Å². The Balaban J connectivity index is 6.22. The molecule has 0 radical (unpaired) electrons. The van der Waals surface area contributed by atoms with Crippen LogP contribution in [0, 0.1) is 0 Å². The van der Waals surface area contributed by atoms with Crippen LogP contribution in [0.1, 0.15) is 6.92 Å². The lowest BCUT2D eigenvalue weighted by atomic mass is 10.00. The quantitative estimate of drug-likeness (QED) is 0.615. The maximum absolute atomic E-state index is 12.7. The van der Waals surface area contributed by atoms with E-state index in [1.165, 1.54) is 0 Å². The molecular formula is C6H4F10O3S. The highest BCUT2D eigenvalue weighted by Gasteiger charge is 2.88. The van der Waals surface area contributed by atoms with Crippen LogP contribution in [0.2, 0.25) is 0 Å². The number of hydrogen-bond acceptors (Lipinski definition) is 2. The zero-order valence-corrected chi connectivity index (χ0v) is 9.77. The summed E-state index contributed by atoms with van der Waals surface area (Å²) in [5.41, 5.74) is 0. The number of alkyl halides is 10. The first-order valence-corrected chi connectivity index (χ1v) is 5.55. The molecule has 0 rings (SSSR count). The fourth-order valence-corrected chi connectivity index (χ4v) is 1.27. The van der Waals surface area contributed by atoms with Gasteiger partial charge in [-0.3, -0.25) is 4.55 Å². The van der Waals surface area contributed by atoms with E-state index in [-0.39, 0.29) is 0 Å². The molecule has 122 valence electrons. The lowest BCUT2D eigenvalue weighted by molar-refractivity contribution is -0.386. The van der Waals surface area contributed by atoms with E-state index in [2.05, 4.69) is 0 Å². The van der Waals surface area contributed by atoms with Gasteiger partial charge in [0.2, 0.25) is 0 Å². The largest absolute Gasteiger partial charge is 0.438 e. The summed E-state index contributed by atoms with van der Waals surface area (Å²) in [5.74, 6) is -27.9. The van der Waals surface area contributed by atoms with Gasteiger partial charge in [0.1, 0.15) is 0 Å². The van der Waals surface area contributed by atoms with Crippen LogP contribution in [0.3, 0.4) is 0 Å². The van der Waals surface area contributed by atoms with E-state index in [9.17, 15) is 52.3 Å². The Labute approximate surface area is 104 Å². The first-order valence-electron chi connectivity index (χ1n) is 4.11. The van der Waals surface area contributed by atoms with Gasteiger partial charge in [0.15, 0.2) is 0 Å². The molecule has 0 aromatic carbocycles. The number of hydrogen-bond donors (Lipinski definition) is 1. The first-order chi connectivity index (χ1) is 8.25. The molecule has 3 nitrogen and oxygen atoms in total. The predicted molar refractivity (Wildman–Crippen MR) is 42.0 cm³/mol. The molecule has 0 spiro atoms. The maximum Gasteiger partial charge on any atom is 0.438 e. The van der Waals surface area contributed by atoms with E-state index in [1.807, 2.05) is 0 Å². The van der Waals surface area contributed by atoms with Gasteiger partial charge in [-0.25, -0.2) is 0 Å². The molecule has 1 N–H and O–H groups in total. The molecule has 0 aliphatic heterocycles. The summed E-state index contributed by atoms with van der Waals surface area (Å²) >= 11 is 0. The summed E-state index contributed by atoms with van der Waals surface area (Å²) in [7, 11) is -7.29. The van der Waals surface area contributed by atoms with Crippen molar-refractivity contribution in [2.45, 2.75) is 35.9 Å². The molecular weight excluding hydrogens is 342 g/mol. The number of halogens is 10. The Bertz CT molecular complexity index is 476. The van der Waals surface area contributed by atoms with E-state index in [4.69, 9.17) is 4.55 Å². The second kappa shape index (κ2) is 4.35. The summed E-state index contributed by atoms with van der Waals surface area (Å²) in [6, 6.07) is 0. The van der Waals surface area contributed by atoms with Gasteiger partial charge >= 0.3 is 39.1 Å². The minimum Gasteiger partial charge on any atom is -0.281 e. The summed E-state index contributed by atoms with van der Waals surface area (Å²) in [4.78, 5) is 0. The van der Waals surface area contributed by atoms with Crippen molar-refractivity contribution in [1.82, 2.24) is 0 Å². The molecule has 0 aromatic heterocycles. The summed E-state index contributed by atoms with van der Waals surface area (Å²) in [6.45, 7) is -0.970. The standard InChI is InChI=1S/C6H4F10O3S/c1-2(7,8)3(9,10)4(11,12)5(13,14)6(15,16)20(17,18)19/h1H3,(H,17,18,19). The molecule has 0 saturated carbocycles. The minimum absolute atomic E-state index is 0.970. The van der Waals surface area contributed by atoms with Crippen LogP contribution in [0.4, 0.5) is 43.9 Å². The average Bonchev–Trinajstić information content (AvgIpc) is 2.12. The molecule has 20 heavy (non-hydrogen) atoms. The Morgan fingerprint density at radius 3 is 1.20 bits per heavy atom. The van der Waals surface area contributed by atoms with Gasteiger partial charge in [-0.1, -0.05) is 0 Å². The fourth-order valence-electron chi connectivity index (χ4n) is 0.818. The highest BCUT2D eigenvalue weighted by Crippen LogP contribution is 2.57. The van der Waals surface area contributed by atoms with Crippen LogP contribution < -0.4 is 0 Å². The third-order valence-electron chi connectivity index (χ3n) is 2.03. The molecule has 0 aromatic rings. The SMILES string of the molecule is CC(F)(F)C(F)(F)C(F)(F)C(F)(F)C(F)(F)S(=O)(=O)O. The predicted octanol–water partition coefficient (Wildman–Crippen LogP) is 3.03. The molecule has 0 aliphatic carbocycles. The van der Waals surface area contributed by atoms with Crippen molar-refractivity contribution in [3.05, 3.63) is 0 Å². The van der Waals surface area contributed by atoms with E-state index in [0.29, 0.717) is 0 Å². The highest BCUT2D eigenvalue weighted by atomic mass is 32.2. The fraction of sp³-hybridized carbons (Fsp3) is 1.00. The molecule has 0 bridgehead atoms. The van der Waals surface area contributed by atoms with Crippen LogP contribution >= 0.6 is 0 Å². The second-order valence-corrected chi connectivity index (χ2v) is 5.07. The molecule has 0 unspecified atom stereocenters. The van der Waals surface area contributed by atoms with Gasteiger partial charge in [-0.15, -0.1) is 0 Å². The lowest BCUT2D eigenvalue weighted by Gasteiger charge is -2.37. The van der Waals surface area contributed by atoms with E-state index < -0.39 is 46.0 Å². The van der Waals surface area contributed by atoms with Crippen molar-refractivity contribution >= 4 is 10.1 Å². The second-order valence-electron chi connectivity index (χ2n) is 3.60. The van der Waals surface area contributed by atoms with Crippen LogP contribution in [0.15, 0.2) is 0 Å². The van der Waals surface area contributed by atoms with Gasteiger partial charge < -0.3 is 0 Å². The monoisotopic (exact) mass is 346 g/mol. The summed E-state index contributed by atoms with van der Waals surface area (Å²) in [5, 5.41) is -7.13. The molecule has 0 saturated heterocycles. The zero-order valence-electron chi connectivity index (χ0n) is 8.95. The van der Waals surface area contributed by atoms with Gasteiger partial charge in [-0.2, -0.15) is 52.3 Å². The van der Waals surface area contributed by atoms with Crippen LogP contribution in [0.5, 0.6) is 0 Å². The first kappa shape index (κ1) is 19.2. The minimum atomic E-state index is -7.52. The lowest BCUT2D eigenvalue weighted by Crippen LogP contribution is -2.68. The van der Waals surface area contributed by atoms with Gasteiger partial charge in [0.25, 0.3) is 0 Å². The number of rotatable bonds is 5. The normalized spacial score (nSPS) is 16.4. The van der Waals surface area contributed by atoms with Crippen molar-refractivity contribution in [3.63, 3.8) is 0 Å². The molecule has 0 amide bonds. The topological polar surface area (TPSA) is 54.4 Å². The van der Waals surface area contributed by atoms with Crippen LogP contribution in [0.25, 0.3) is 0 Å². The van der Waals surface area contributed by atoms with E-state index in [1.54, 1.807) is 0 Å². The Hall–Kier alpha value is -0.790. The Morgan fingerprint density at radius 2 is 1.00 bits per heavy atom. The van der Waals surface area contributed by atoms with Gasteiger partial charge in [-0.05, 0) is 0 Å². The molecule has 0 atom stereocenters. The van der Waals surface area contributed by atoms with Crippen LogP contribution in [-0.4, -0.2) is 41.9 Å². The van der Waals surface area contributed by atoms with E-state index >= 15 is 0 Å². The summed E-state index contributed by atoms with van der Waals surface area (Å²) in [6.07, 6.45) is 0.